The van der Waals surface area contributed by atoms with Crippen molar-refractivity contribution in [2.45, 2.75) is 6.92 Å². The van der Waals surface area contributed by atoms with Crippen LogP contribution < -0.4 is 0 Å². The highest BCUT2D eigenvalue weighted by Crippen LogP contribution is 2.16. The number of carbonyl (C=O) groups excluding carboxylic acids is 1. The molecule has 1 unspecified atom stereocenters. The van der Waals surface area contributed by atoms with Crippen LogP contribution in [0.3, 0.4) is 0 Å². The summed E-state index contributed by atoms with van der Waals surface area (Å²) in [6.45, 7) is 3.30. The number of hydrogen-bond acceptors (Lipinski definition) is 3. The maximum Gasteiger partial charge on any atom is 0.554 e. The first kappa shape index (κ1) is 7.57. The maximum absolute atomic E-state index is 10.2. The molecule has 0 amide bonds. The van der Waals surface area contributed by atoms with Crippen LogP contribution in [-0.2, 0) is 9.30 Å². The molecule has 0 saturated carbocycles. The van der Waals surface area contributed by atoms with Crippen molar-refractivity contribution in [2.24, 2.45) is 0 Å². The molecule has 0 aliphatic heterocycles. The minimum absolute atomic E-state index is 0.299. The molecule has 0 aromatic carbocycles. The third kappa shape index (κ3) is 2.69. The Morgan fingerprint density at radius 2 is 2.25 bits per heavy atom. The molecule has 46 valence electrons. The van der Waals surface area contributed by atoms with Gasteiger partial charge in [-0.3, -0.25) is 0 Å². The van der Waals surface area contributed by atoms with Gasteiger partial charge in [0.05, 0.1) is 6.61 Å². The van der Waals surface area contributed by atoms with Crippen LogP contribution in [-0.4, -0.2) is 19.0 Å². The van der Waals surface area contributed by atoms with Crippen molar-refractivity contribution >= 4 is 13.5 Å². The lowest BCUT2D eigenvalue weighted by Crippen LogP contribution is -1.93. The first-order valence-electron chi connectivity index (χ1n) is 2.26. The van der Waals surface area contributed by atoms with Crippen LogP contribution in [0.1, 0.15) is 6.92 Å². The van der Waals surface area contributed by atoms with E-state index in [1.54, 1.807) is 6.92 Å². The Bertz CT molecular complexity index is 110. The molecule has 3 nitrogen and oxygen atoms in total. The Morgan fingerprint density at radius 1 is 1.75 bits per heavy atom. The smallest absolute Gasteiger partial charge is 0.428 e. The molecule has 0 N–H and O–H groups in total. The summed E-state index contributed by atoms with van der Waals surface area (Å²) < 4.78 is 14.6. The average molecular weight is 135 g/mol. The number of ether oxygens (including phenoxy) is 1. The van der Waals surface area contributed by atoms with E-state index in [0.29, 0.717) is 6.61 Å². The second kappa shape index (κ2) is 3.56. The second-order valence-corrected chi connectivity index (χ2v) is 2.56. The predicted octanol–water partition coefficient (Wildman–Crippen LogP) is 1.60. The fraction of sp³-hybridized carbons (Fsp3) is 0.750. The first-order valence-corrected chi connectivity index (χ1v) is 3.96. The lowest BCUT2D eigenvalue weighted by Gasteiger charge is -1.84. The highest BCUT2D eigenvalue weighted by atomic mass is 31.1. The zero-order valence-electron chi connectivity index (χ0n) is 4.88. The first-order chi connectivity index (χ1) is 3.68. The average Bonchev–Trinajstić information content (AvgIpc) is 1.67. The molecule has 0 radical (unpaired) electrons. The van der Waals surface area contributed by atoms with Gasteiger partial charge in [-0.05, 0) is 6.92 Å². The zero-order chi connectivity index (χ0) is 6.57. The van der Waals surface area contributed by atoms with Crippen LogP contribution >= 0.6 is 7.80 Å². The Kier molecular flexibility index (Phi) is 3.37. The van der Waals surface area contributed by atoms with Gasteiger partial charge in [0, 0.05) is 0 Å². The molecule has 0 saturated heterocycles. The molecule has 1 atom stereocenters. The largest absolute Gasteiger partial charge is 0.554 e. The van der Waals surface area contributed by atoms with Crippen LogP contribution in [0.4, 0.5) is 4.79 Å². The quantitative estimate of drug-likeness (QED) is 0.540. The number of carbonyl (C=O) groups is 1. The van der Waals surface area contributed by atoms with Crippen molar-refractivity contribution in [1.29, 1.82) is 0 Å². The van der Waals surface area contributed by atoms with E-state index < -0.39 is 13.5 Å². The summed E-state index contributed by atoms with van der Waals surface area (Å²) in [5.74, 6) is 0. The van der Waals surface area contributed by atoms with Crippen molar-refractivity contribution < 1.29 is 14.1 Å². The van der Waals surface area contributed by atoms with Gasteiger partial charge in [0.2, 0.25) is 0 Å². The van der Waals surface area contributed by atoms with Crippen molar-refractivity contribution in [1.82, 2.24) is 0 Å². The molecule has 0 aliphatic rings. The summed E-state index contributed by atoms with van der Waals surface area (Å²) in [5.41, 5.74) is -0.609. The van der Waals surface area contributed by atoms with Crippen LogP contribution in [0.15, 0.2) is 0 Å². The topological polar surface area (TPSA) is 43.4 Å². The molecule has 0 heterocycles. The Labute approximate surface area is 48.8 Å². The molecule has 0 aliphatic carbocycles. The molecule has 4 heteroatoms. The van der Waals surface area contributed by atoms with Gasteiger partial charge < -0.3 is 4.74 Å². The lowest BCUT2D eigenvalue weighted by molar-refractivity contribution is 0.179. The summed E-state index contributed by atoms with van der Waals surface area (Å²) in [4.78, 5) is 10.2. The van der Waals surface area contributed by atoms with Crippen LogP contribution in [0, 0.1) is 0 Å². The van der Waals surface area contributed by atoms with E-state index in [4.69, 9.17) is 0 Å². The van der Waals surface area contributed by atoms with E-state index in [-0.39, 0.29) is 0 Å². The number of rotatable bonds is 2. The van der Waals surface area contributed by atoms with Crippen molar-refractivity contribution in [3.8, 4) is 0 Å². The van der Waals surface area contributed by atoms with Gasteiger partial charge in [-0.25, -0.2) is 0 Å². The van der Waals surface area contributed by atoms with E-state index in [9.17, 15) is 9.36 Å². The van der Waals surface area contributed by atoms with Crippen LogP contribution in [0.25, 0.3) is 0 Å². The predicted molar refractivity (Wildman–Crippen MR) is 30.6 cm³/mol. The molecule has 0 rings (SSSR count). The SMILES string of the molecule is CCOC(=O)[P+](C)=O. The van der Waals surface area contributed by atoms with Crippen molar-refractivity contribution in [3.05, 3.63) is 0 Å². The van der Waals surface area contributed by atoms with E-state index in [1.165, 1.54) is 6.66 Å². The summed E-state index contributed by atoms with van der Waals surface area (Å²) in [7, 11) is -1.78. The van der Waals surface area contributed by atoms with E-state index in [2.05, 4.69) is 4.74 Å². The van der Waals surface area contributed by atoms with E-state index in [0.717, 1.165) is 0 Å². The van der Waals surface area contributed by atoms with Crippen LogP contribution in [0.2, 0.25) is 0 Å². The van der Waals surface area contributed by atoms with Crippen LogP contribution in [0.5, 0.6) is 0 Å². The van der Waals surface area contributed by atoms with Crippen molar-refractivity contribution in [2.75, 3.05) is 13.3 Å². The summed E-state index contributed by atoms with van der Waals surface area (Å²) in [6, 6.07) is 0. The molecule has 0 aromatic rings. The molecule has 0 spiro atoms. The van der Waals surface area contributed by atoms with Gasteiger partial charge in [-0.1, -0.05) is 4.57 Å². The Hall–Kier alpha value is -0.430. The third-order valence-electron chi connectivity index (χ3n) is 0.525. The Morgan fingerprint density at radius 3 is 2.38 bits per heavy atom. The third-order valence-corrected chi connectivity index (χ3v) is 1.17. The minimum atomic E-state index is -1.78. The minimum Gasteiger partial charge on any atom is -0.428 e. The van der Waals surface area contributed by atoms with Gasteiger partial charge in [0.1, 0.15) is 6.66 Å². The number of hydrogen-bond donors (Lipinski definition) is 0. The second-order valence-electron chi connectivity index (χ2n) is 1.20. The molecule has 8 heavy (non-hydrogen) atoms. The highest BCUT2D eigenvalue weighted by Gasteiger charge is 2.21. The summed E-state index contributed by atoms with van der Waals surface area (Å²) >= 11 is 0. The van der Waals surface area contributed by atoms with Gasteiger partial charge in [-0.2, -0.15) is 4.79 Å². The van der Waals surface area contributed by atoms with Gasteiger partial charge >= 0.3 is 13.5 Å². The molecular formula is C4H8O3P+. The molecule has 0 bridgehead atoms. The molecular weight excluding hydrogens is 127 g/mol. The van der Waals surface area contributed by atoms with Gasteiger partial charge in [0.15, 0.2) is 0 Å². The van der Waals surface area contributed by atoms with Gasteiger partial charge in [-0.15, -0.1) is 0 Å². The zero-order valence-corrected chi connectivity index (χ0v) is 5.77. The summed E-state index contributed by atoms with van der Waals surface area (Å²) in [6.07, 6.45) is 0. The fourth-order valence-corrected chi connectivity index (χ4v) is 0.525. The molecule has 0 aromatic heterocycles. The maximum atomic E-state index is 10.2. The standard InChI is InChI=1S/C4H8O3P/c1-3-7-4(5)8(2)6/h3H2,1-2H3/q+1. The monoisotopic (exact) mass is 135 g/mol. The van der Waals surface area contributed by atoms with E-state index in [1.807, 2.05) is 0 Å². The Balaban J connectivity index is 3.49. The summed E-state index contributed by atoms with van der Waals surface area (Å²) in [5, 5.41) is 0. The molecule has 0 fully saturated rings. The fourth-order valence-electron chi connectivity index (χ4n) is 0.214. The highest BCUT2D eigenvalue weighted by molar-refractivity contribution is 7.62. The van der Waals surface area contributed by atoms with E-state index >= 15 is 0 Å². The normalized spacial score (nSPS) is 10.5. The lowest BCUT2D eigenvalue weighted by atomic mass is 10.9. The van der Waals surface area contributed by atoms with Gasteiger partial charge in [0.25, 0.3) is 0 Å². The van der Waals surface area contributed by atoms with Crippen molar-refractivity contribution in [3.63, 3.8) is 0 Å².